The second-order valence-electron chi connectivity index (χ2n) is 9.70. The SMILES string of the molecule is CC(C)(C)OC(=O)C1(S(=O)N2CCC(CCCCOCCC(F)(F)F)CC2)CCOCC1. The summed E-state index contributed by atoms with van der Waals surface area (Å²) in [6.07, 6.45) is 0.119. The molecule has 0 radical (unpaired) electrons. The summed E-state index contributed by atoms with van der Waals surface area (Å²) in [5, 5.41) is 0. The van der Waals surface area contributed by atoms with Gasteiger partial charge in [0, 0.05) is 32.9 Å². The lowest BCUT2D eigenvalue weighted by molar-refractivity contribution is -0.160. The third kappa shape index (κ3) is 8.91. The van der Waals surface area contributed by atoms with E-state index in [-0.39, 0.29) is 6.61 Å². The topological polar surface area (TPSA) is 65.1 Å². The molecule has 2 fully saturated rings. The molecule has 2 rings (SSSR count). The van der Waals surface area contributed by atoms with Crippen molar-refractivity contribution in [2.24, 2.45) is 5.92 Å². The maximum atomic E-state index is 13.5. The van der Waals surface area contributed by atoms with Crippen molar-refractivity contribution < 1.29 is 36.4 Å². The van der Waals surface area contributed by atoms with E-state index in [1.807, 2.05) is 25.1 Å². The highest BCUT2D eigenvalue weighted by Gasteiger charge is 2.51. The number of carbonyl (C=O) groups is 1. The van der Waals surface area contributed by atoms with Gasteiger partial charge in [0.25, 0.3) is 0 Å². The van der Waals surface area contributed by atoms with Crippen molar-refractivity contribution >= 4 is 17.0 Å². The van der Waals surface area contributed by atoms with Crippen LogP contribution in [0.4, 0.5) is 13.2 Å². The van der Waals surface area contributed by atoms with Crippen LogP contribution in [0.25, 0.3) is 0 Å². The smallest absolute Gasteiger partial charge is 0.391 e. The molecule has 32 heavy (non-hydrogen) atoms. The molecule has 0 aliphatic carbocycles. The summed E-state index contributed by atoms with van der Waals surface area (Å²) in [4.78, 5) is 13.0. The van der Waals surface area contributed by atoms with E-state index in [2.05, 4.69) is 0 Å². The van der Waals surface area contributed by atoms with Gasteiger partial charge in [0.2, 0.25) is 0 Å². The minimum Gasteiger partial charge on any atom is -0.459 e. The zero-order valence-corrected chi connectivity index (χ0v) is 20.3. The fourth-order valence-electron chi connectivity index (χ4n) is 4.06. The molecule has 6 nitrogen and oxygen atoms in total. The first-order valence-corrected chi connectivity index (χ1v) is 12.7. The van der Waals surface area contributed by atoms with Gasteiger partial charge in [0.1, 0.15) is 16.6 Å². The average Bonchev–Trinajstić information content (AvgIpc) is 2.71. The molecule has 188 valence electrons. The molecular formula is C22H38F3NO5S. The molecule has 1 unspecified atom stereocenters. The van der Waals surface area contributed by atoms with E-state index in [9.17, 15) is 22.2 Å². The van der Waals surface area contributed by atoms with Crippen LogP contribution in [0.15, 0.2) is 0 Å². The number of unbranched alkanes of at least 4 members (excludes halogenated alkanes) is 1. The maximum absolute atomic E-state index is 13.5. The Labute approximate surface area is 192 Å². The number of alkyl halides is 3. The number of hydrogen-bond donors (Lipinski definition) is 0. The molecule has 0 N–H and O–H groups in total. The van der Waals surface area contributed by atoms with Crippen LogP contribution < -0.4 is 0 Å². The van der Waals surface area contributed by atoms with Crippen molar-refractivity contribution in [3.05, 3.63) is 0 Å². The van der Waals surface area contributed by atoms with Gasteiger partial charge in [-0.25, -0.2) is 8.51 Å². The summed E-state index contributed by atoms with van der Waals surface area (Å²) in [6, 6.07) is 0. The minimum absolute atomic E-state index is 0.280. The molecule has 2 aliphatic rings. The van der Waals surface area contributed by atoms with Crippen LogP contribution >= 0.6 is 0 Å². The van der Waals surface area contributed by atoms with Crippen LogP contribution in [0.2, 0.25) is 0 Å². The van der Waals surface area contributed by atoms with Crippen molar-refractivity contribution in [3.63, 3.8) is 0 Å². The first-order chi connectivity index (χ1) is 14.9. The molecule has 0 spiro atoms. The van der Waals surface area contributed by atoms with Crippen molar-refractivity contribution in [2.75, 3.05) is 39.5 Å². The minimum atomic E-state index is -4.17. The Hall–Kier alpha value is -0.710. The Kier molecular flexibility index (Phi) is 10.4. The van der Waals surface area contributed by atoms with E-state index in [0.29, 0.717) is 51.7 Å². The lowest BCUT2D eigenvalue weighted by atomic mass is 9.92. The van der Waals surface area contributed by atoms with Gasteiger partial charge in [-0.05, 0) is 58.8 Å². The number of nitrogens with zero attached hydrogens (tertiary/aromatic N) is 1. The monoisotopic (exact) mass is 485 g/mol. The largest absolute Gasteiger partial charge is 0.459 e. The van der Waals surface area contributed by atoms with Gasteiger partial charge in [0.05, 0.1) is 13.0 Å². The Morgan fingerprint density at radius 3 is 2.28 bits per heavy atom. The van der Waals surface area contributed by atoms with E-state index in [4.69, 9.17) is 14.2 Å². The van der Waals surface area contributed by atoms with Gasteiger partial charge < -0.3 is 14.2 Å². The quantitative estimate of drug-likeness (QED) is 0.339. The number of ether oxygens (including phenoxy) is 3. The predicted octanol–water partition coefficient (Wildman–Crippen LogP) is 4.39. The maximum Gasteiger partial charge on any atom is 0.391 e. The van der Waals surface area contributed by atoms with Gasteiger partial charge in [0.15, 0.2) is 4.75 Å². The van der Waals surface area contributed by atoms with E-state index >= 15 is 0 Å². The van der Waals surface area contributed by atoms with Crippen LogP contribution in [-0.2, 0) is 30.0 Å². The summed E-state index contributed by atoms with van der Waals surface area (Å²) in [7, 11) is -1.48. The first-order valence-electron chi connectivity index (χ1n) is 11.6. The molecule has 0 aromatic rings. The highest BCUT2D eigenvalue weighted by molar-refractivity contribution is 7.85. The normalized spacial score (nSPS) is 21.9. The molecule has 0 amide bonds. The number of esters is 1. The van der Waals surface area contributed by atoms with Crippen molar-refractivity contribution in [1.82, 2.24) is 4.31 Å². The average molecular weight is 486 g/mol. The fourth-order valence-corrected chi connectivity index (χ4v) is 5.80. The second kappa shape index (κ2) is 12.1. The lowest BCUT2D eigenvalue weighted by Crippen LogP contribution is -2.55. The summed E-state index contributed by atoms with van der Waals surface area (Å²) in [5.41, 5.74) is -0.643. The standard InChI is InChI=1S/C22H38F3NO5S/c1-20(2,3)31-19(27)21(9-15-30-16-10-21)32(28)26-12-7-18(8-13-26)6-4-5-14-29-17-11-22(23,24)25/h18H,4-17H2,1-3H3. The molecular weight excluding hydrogens is 447 g/mol. The molecule has 0 aromatic heterocycles. The van der Waals surface area contributed by atoms with Crippen molar-refractivity contribution in [3.8, 4) is 0 Å². The zero-order valence-electron chi connectivity index (χ0n) is 19.5. The predicted molar refractivity (Wildman–Crippen MR) is 116 cm³/mol. The van der Waals surface area contributed by atoms with E-state index in [1.165, 1.54) is 0 Å². The highest BCUT2D eigenvalue weighted by Crippen LogP contribution is 2.35. The zero-order chi connectivity index (χ0) is 23.8. The van der Waals surface area contributed by atoms with Crippen LogP contribution in [0.5, 0.6) is 0 Å². The summed E-state index contributed by atoms with van der Waals surface area (Å²) < 4.78 is 66.8. The molecule has 2 aliphatic heterocycles. The van der Waals surface area contributed by atoms with Crippen LogP contribution in [0.3, 0.4) is 0 Å². The molecule has 1 atom stereocenters. The summed E-state index contributed by atoms with van der Waals surface area (Å²) >= 11 is 0. The number of halogens is 3. The van der Waals surface area contributed by atoms with E-state index in [0.717, 1.165) is 32.1 Å². The van der Waals surface area contributed by atoms with Gasteiger partial charge in [-0.3, -0.25) is 4.79 Å². The fraction of sp³-hybridized carbons (Fsp3) is 0.955. The van der Waals surface area contributed by atoms with Crippen LogP contribution in [0, 0.1) is 5.92 Å². The molecule has 2 saturated heterocycles. The number of hydrogen-bond acceptors (Lipinski definition) is 5. The second-order valence-corrected chi connectivity index (χ2v) is 11.5. The third-order valence-corrected chi connectivity index (χ3v) is 7.97. The Morgan fingerprint density at radius 2 is 1.72 bits per heavy atom. The van der Waals surface area contributed by atoms with Gasteiger partial charge in [-0.1, -0.05) is 12.8 Å². The van der Waals surface area contributed by atoms with E-state index < -0.39 is 39.9 Å². The van der Waals surface area contributed by atoms with Crippen molar-refractivity contribution in [1.29, 1.82) is 0 Å². The Bertz CT molecular complexity index is 610. The molecule has 0 aromatic carbocycles. The van der Waals surface area contributed by atoms with E-state index in [1.54, 1.807) is 0 Å². The first kappa shape index (κ1) is 27.5. The number of rotatable bonds is 10. The third-order valence-electron chi connectivity index (χ3n) is 5.89. The van der Waals surface area contributed by atoms with Crippen LogP contribution in [-0.4, -0.2) is 70.5 Å². The highest BCUT2D eigenvalue weighted by atomic mass is 32.2. The van der Waals surface area contributed by atoms with Gasteiger partial charge >= 0.3 is 12.1 Å². The van der Waals surface area contributed by atoms with Crippen LogP contribution in [0.1, 0.15) is 72.1 Å². The summed E-state index contributed by atoms with van der Waals surface area (Å²) in [6.45, 7) is 7.61. The lowest BCUT2D eigenvalue weighted by Gasteiger charge is -2.41. The number of piperidine rings is 1. The molecule has 0 saturated carbocycles. The van der Waals surface area contributed by atoms with Crippen molar-refractivity contribution in [2.45, 2.75) is 88.7 Å². The Balaban J connectivity index is 1.76. The number of carbonyl (C=O) groups excluding carboxylic acids is 1. The molecule has 10 heteroatoms. The summed E-state index contributed by atoms with van der Waals surface area (Å²) in [5.74, 6) is 0.0878. The molecule has 2 heterocycles. The van der Waals surface area contributed by atoms with Gasteiger partial charge in [-0.2, -0.15) is 13.2 Å². The molecule has 0 bridgehead atoms. The Morgan fingerprint density at radius 1 is 1.09 bits per heavy atom. The van der Waals surface area contributed by atoms with Gasteiger partial charge in [-0.15, -0.1) is 0 Å².